The molecule has 0 radical (unpaired) electrons. The Morgan fingerprint density at radius 1 is 1.07 bits per heavy atom. The van der Waals surface area contributed by atoms with Gasteiger partial charge in [0.2, 0.25) is 0 Å². The Morgan fingerprint density at radius 3 is 2.54 bits per heavy atom. The molecule has 3 N–H and O–H groups in total. The number of benzene rings is 1. The summed E-state index contributed by atoms with van der Waals surface area (Å²) >= 11 is 0. The van der Waals surface area contributed by atoms with Gasteiger partial charge in [-0.05, 0) is 51.0 Å². The molecule has 1 saturated heterocycles. The predicted octanol–water partition coefficient (Wildman–Crippen LogP) is 3.38. The molecular weight excluding hydrogens is 368 g/mol. The normalized spacial score (nSPS) is 25.0. The Morgan fingerprint density at radius 2 is 1.82 bits per heavy atom. The topological polar surface area (TPSA) is 83.2 Å². The summed E-state index contributed by atoms with van der Waals surface area (Å²) in [6.45, 7) is 0.800. The van der Waals surface area contributed by atoms with Gasteiger partial charge < -0.3 is 20.4 Å². The lowest BCUT2D eigenvalue weighted by atomic mass is 9.78. The van der Waals surface area contributed by atoms with Crippen LogP contribution in [0.3, 0.4) is 0 Å². The van der Waals surface area contributed by atoms with E-state index in [2.05, 4.69) is 15.6 Å². The number of aromatic amines is 1. The van der Waals surface area contributed by atoms with Gasteiger partial charge in [-0.15, -0.1) is 0 Å². The molecule has 150 valence electrons. The summed E-state index contributed by atoms with van der Waals surface area (Å²) < 4.78 is 32.7. The van der Waals surface area contributed by atoms with Crippen LogP contribution in [0.5, 0.6) is 0 Å². The van der Waals surface area contributed by atoms with Crippen molar-refractivity contribution in [3.05, 3.63) is 30.0 Å². The SMILES string of the molecule is O=C(Nc1c[nH]c2cc(F)c(F)cc12)C(=O)NC1CCC2(CCCCO2)CC1. The Hall–Kier alpha value is -2.48. The summed E-state index contributed by atoms with van der Waals surface area (Å²) in [7, 11) is 0. The van der Waals surface area contributed by atoms with Crippen LogP contribution in [0.2, 0.25) is 0 Å². The molecule has 4 rings (SSSR count). The number of ether oxygens (including phenoxy) is 1. The molecule has 1 aromatic heterocycles. The Balaban J connectivity index is 1.34. The van der Waals surface area contributed by atoms with Crippen LogP contribution in [0.25, 0.3) is 10.9 Å². The Bertz CT molecular complexity index is 895. The molecule has 1 aromatic carbocycles. The summed E-state index contributed by atoms with van der Waals surface area (Å²) in [6.07, 6.45) is 8.05. The number of carbonyl (C=O) groups is 2. The van der Waals surface area contributed by atoms with Gasteiger partial charge in [0.15, 0.2) is 11.6 Å². The second kappa shape index (κ2) is 7.50. The lowest BCUT2D eigenvalue weighted by molar-refractivity contribution is -0.137. The van der Waals surface area contributed by atoms with E-state index in [1.54, 1.807) is 0 Å². The van der Waals surface area contributed by atoms with Crippen LogP contribution in [0.15, 0.2) is 18.3 Å². The van der Waals surface area contributed by atoms with Crippen LogP contribution in [0.1, 0.15) is 44.9 Å². The molecule has 1 aliphatic carbocycles. The third-order valence-corrected chi connectivity index (χ3v) is 5.84. The first-order valence-electron chi connectivity index (χ1n) is 9.68. The molecule has 6 nitrogen and oxygen atoms in total. The van der Waals surface area contributed by atoms with Crippen LogP contribution in [0, 0.1) is 11.6 Å². The predicted molar refractivity (Wildman–Crippen MR) is 99.8 cm³/mol. The molecule has 2 fully saturated rings. The van der Waals surface area contributed by atoms with Crippen molar-refractivity contribution >= 4 is 28.4 Å². The molecule has 2 aliphatic rings. The fourth-order valence-corrected chi connectivity index (χ4v) is 4.24. The zero-order valence-electron chi connectivity index (χ0n) is 15.4. The van der Waals surface area contributed by atoms with Crippen molar-refractivity contribution in [3.63, 3.8) is 0 Å². The van der Waals surface area contributed by atoms with Crippen molar-refractivity contribution in [3.8, 4) is 0 Å². The number of carbonyl (C=O) groups excluding carboxylic acids is 2. The third-order valence-electron chi connectivity index (χ3n) is 5.84. The number of halogens is 2. The largest absolute Gasteiger partial charge is 0.375 e. The first-order chi connectivity index (χ1) is 13.5. The van der Waals surface area contributed by atoms with E-state index in [0.717, 1.165) is 57.3 Å². The lowest BCUT2D eigenvalue weighted by Gasteiger charge is -2.42. The van der Waals surface area contributed by atoms with Crippen LogP contribution in [-0.2, 0) is 14.3 Å². The Kier molecular flexibility index (Phi) is 5.05. The number of rotatable bonds is 2. The third kappa shape index (κ3) is 3.73. The van der Waals surface area contributed by atoms with E-state index in [1.165, 1.54) is 12.6 Å². The van der Waals surface area contributed by atoms with E-state index in [-0.39, 0.29) is 17.3 Å². The fourth-order valence-electron chi connectivity index (χ4n) is 4.24. The Labute approximate surface area is 161 Å². The van der Waals surface area contributed by atoms with Gasteiger partial charge in [-0.1, -0.05) is 0 Å². The van der Waals surface area contributed by atoms with E-state index in [1.807, 2.05) is 0 Å². The van der Waals surface area contributed by atoms with Crippen molar-refractivity contribution < 1.29 is 23.1 Å². The average Bonchev–Trinajstić information content (AvgIpc) is 3.06. The summed E-state index contributed by atoms with van der Waals surface area (Å²) in [5, 5.41) is 5.53. The number of H-pyrrole nitrogens is 1. The number of hydrogen-bond donors (Lipinski definition) is 3. The van der Waals surface area contributed by atoms with Gasteiger partial charge in [0.05, 0.1) is 16.8 Å². The van der Waals surface area contributed by atoms with Crippen molar-refractivity contribution in [2.24, 2.45) is 0 Å². The summed E-state index contributed by atoms with van der Waals surface area (Å²) in [4.78, 5) is 27.3. The average molecular weight is 391 g/mol. The van der Waals surface area contributed by atoms with E-state index in [0.29, 0.717) is 10.9 Å². The first kappa shape index (κ1) is 18.9. The number of amides is 2. The minimum Gasteiger partial charge on any atom is -0.375 e. The first-order valence-corrected chi connectivity index (χ1v) is 9.68. The molecule has 8 heteroatoms. The molecule has 2 heterocycles. The molecular formula is C20H23F2N3O3. The highest BCUT2D eigenvalue weighted by molar-refractivity contribution is 6.40. The van der Waals surface area contributed by atoms with Gasteiger partial charge in [-0.25, -0.2) is 8.78 Å². The van der Waals surface area contributed by atoms with Crippen LogP contribution < -0.4 is 10.6 Å². The van der Waals surface area contributed by atoms with Crippen LogP contribution >= 0.6 is 0 Å². The minimum atomic E-state index is -1.02. The van der Waals surface area contributed by atoms with E-state index in [4.69, 9.17) is 4.74 Å². The quantitative estimate of drug-likeness (QED) is 0.687. The minimum absolute atomic E-state index is 0.0505. The number of fused-ring (bicyclic) bond motifs is 1. The van der Waals surface area contributed by atoms with Gasteiger partial charge in [0.1, 0.15) is 0 Å². The summed E-state index contributed by atoms with van der Waals surface area (Å²) in [5.74, 6) is -3.57. The number of nitrogens with one attached hydrogen (secondary N) is 3. The van der Waals surface area contributed by atoms with Gasteiger partial charge in [-0.3, -0.25) is 9.59 Å². The van der Waals surface area contributed by atoms with Gasteiger partial charge in [0, 0.05) is 30.3 Å². The van der Waals surface area contributed by atoms with Crippen LogP contribution in [-0.4, -0.2) is 35.0 Å². The molecule has 2 amide bonds. The summed E-state index contributed by atoms with van der Waals surface area (Å²) in [5.41, 5.74) is 0.511. The smallest absolute Gasteiger partial charge is 0.313 e. The maximum atomic E-state index is 13.5. The zero-order valence-corrected chi connectivity index (χ0v) is 15.4. The van der Waals surface area contributed by atoms with Crippen molar-refractivity contribution in [1.29, 1.82) is 0 Å². The maximum absolute atomic E-state index is 13.5. The molecule has 28 heavy (non-hydrogen) atoms. The molecule has 2 aromatic rings. The van der Waals surface area contributed by atoms with Crippen molar-refractivity contribution in [2.75, 3.05) is 11.9 Å². The van der Waals surface area contributed by atoms with Crippen molar-refractivity contribution in [1.82, 2.24) is 10.3 Å². The molecule has 1 saturated carbocycles. The number of anilines is 1. The fraction of sp³-hybridized carbons (Fsp3) is 0.500. The highest BCUT2D eigenvalue weighted by atomic mass is 19.2. The number of hydrogen-bond acceptors (Lipinski definition) is 3. The summed E-state index contributed by atoms with van der Waals surface area (Å²) in [6, 6.07) is 1.93. The molecule has 1 aliphatic heterocycles. The van der Waals surface area contributed by atoms with Gasteiger partial charge in [0.25, 0.3) is 0 Å². The van der Waals surface area contributed by atoms with Gasteiger partial charge in [-0.2, -0.15) is 0 Å². The highest BCUT2D eigenvalue weighted by Gasteiger charge is 2.38. The molecule has 0 bridgehead atoms. The van der Waals surface area contributed by atoms with Crippen molar-refractivity contribution in [2.45, 2.75) is 56.6 Å². The second-order valence-corrected chi connectivity index (χ2v) is 7.70. The standard InChI is InChI=1S/C20H23F2N3O3/c21-14-9-13-16(10-15(14)22)23-11-17(13)25-19(27)18(26)24-12-3-6-20(7-4-12)5-1-2-8-28-20/h9-12,23H,1-8H2,(H,24,26)(H,25,27). The molecule has 1 spiro atoms. The van der Waals surface area contributed by atoms with E-state index in [9.17, 15) is 18.4 Å². The lowest BCUT2D eigenvalue weighted by Crippen LogP contribution is -2.48. The van der Waals surface area contributed by atoms with E-state index >= 15 is 0 Å². The van der Waals surface area contributed by atoms with E-state index < -0.39 is 23.4 Å². The monoisotopic (exact) mass is 391 g/mol. The highest BCUT2D eigenvalue weighted by Crippen LogP contribution is 2.38. The molecule has 0 atom stereocenters. The van der Waals surface area contributed by atoms with Crippen LogP contribution in [0.4, 0.5) is 14.5 Å². The maximum Gasteiger partial charge on any atom is 0.313 e. The second-order valence-electron chi connectivity index (χ2n) is 7.70. The number of aromatic nitrogens is 1. The zero-order chi connectivity index (χ0) is 19.7. The van der Waals surface area contributed by atoms with Gasteiger partial charge >= 0.3 is 11.8 Å². The molecule has 0 unspecified atom stereocenters.